The average molecular weight is 520 g/mol. The van der Waals surface area contributed by atoms with Gasteiger partial charge in [-0.05, 0) is 46.0 Å². The maximum atomic E-state index is 13.4. The van der Waals surface area contributed by atoms with Crippen LogP contribution in [0.25, 0.3) is 0 Å². The molecule has 1 saturated heterocycles. The van der Waals surface area contributed by atoms with Crippen molar-refractivity contribution in [2.75, 3.05) is 30.4 Å². The molecule has 36 heavy (non-hydrogen) atoms. The Bertz CT molecular complexity index is 1240. The molecule has 3 aliphatic rings. The van der Waals surface area contributed by atoms with Crippen molar-refractivity contribution in [1.82, 2.24) is 24.1 Å². The zero-order valence-corrected chi connectivity index (χ0v) is 21.9. The molecule has 2 fully saturated rings. The standard InChI is InChI=1S/C23H33N7O5S/c1-23(2)21(31)30(16-5-6-17(11-16)34-4)20-19(35-23)13-24-22(27-20)26-15-7-9-29(10-8-15)36(32,33)18-12-25-28(3)14-18/h12-17H,5-11H2,1-4H3,(H,24,26,27). The number of hydrogen-bond donors (Lipinski definition) is 1. The van der Waals surface area contributed by atoms with E-state index in [2.05, 4.69) is 15.4 Å². The van der Waals surface area contributed by atoms with Crippen molar-refractivity contribution < 1.29 is 22.7 Å². The van der Waals surface area contributed by atoms with E-state index >= 15 is 0 Å². The maximum Gasteiger partial charge on any atom is 0.272 e. The van der Waals surface area contributed by atoms with Crippen LogP contribution < -0.4 is 15.0 Å². The highest BCUT2D eigenvalue weighted by molar-refractivity contribution is 7.89. The van der Waals surface area contributed by atoms with E-state index in [9.17, 15) is 13.2 Å². The summed E-state index contributed by atoms with van der Waals surface area (Å²) in [4.78, 5) is 24.4. The number of methoxy groups -OCH3 is 1. The molecule has 0 bridgehead atoms. The largest absolute Gasteiger partial charge is 0.472 e. The summed E-state index contributed by atoms with van der Waals surface area (Å²) in [6, 6.07) is -0.0223. The third kappa shape index (κ3) is 4.55. The van der Waals surface area contributed by atoms with Gasteiger partial charge in [-0.2, -0.15) is 14.4 Å². The maximum absolute atomic E-state index is 13.4. The summed E-state index contributed by atoms with van der Waals surface area (Å²) < 4.78 is 40.2. The third-order valence-corrected chi connectivity index (χ3v) is 9.08. The van der Waals surface area contributed by atoms with Crippen LogP contribution in [0.15, 0.2) is 23.5 Å². The summed E-state index contributed by atoms with van der Waals surface area (Å²) in [5.41, 5.74) is -1.01. The predicted octanol–water partition coefficient (Wildman–Crippen LogP) is 1.55. The van der Waals surface area contributed by atoms with Crippen LogP contribution in [0.2, 0.25) is 0 Å². The van der Waals surface area contributed by atoms with Gasteiger partial charge in [-0.15, -0.1) is 0 Å². The van der Waals surface area contributed by atoms with Gasteiger partial charge in [-0.1, -0.05) is 0 Å². The normalized spacial score (nSPS) is 25.0. The van der Waals surface area contributed by atoms with Crippen LogP contribution in [0.5, 0.6) is 5.75 Å². The van der Waals surface area contributed by atoms with Crippen molar-refractivity contribution in [3.8, 4) is 5.75 Å². The lowest BCUT2D eigenvalue weighted by Gasteiger charge is -2.40. The highest BCUT2D eigenvalue weighted by Gasteiger charge is 2.46. The third-order valence-electron chi connectivity index (χ3n) is 7.22. The molecule has 2 aromatic rings. The molecule has 0 radical (unpaired) electrons. The van der Waals surface area contributed by atoms with E-state index in [-0.39, 0.29) is 29.0 Å². The summed E-state index contributed by atoms with van der Waals surface area (Å²) in [5, 5.41) is 7.31. The SMILES string of the molecule is COC1CCC(N2C(=O)C(C)(C)Oc3cnc(NC4CCN(S(=O)(=O)c5cnn(C)c5)CC4)nc32)C1. The minimum atomic E-state index is -3.57. The fraction of sp³-hybridized carbons (Fsp3) is 0.652. The van der Waals surface area contributed by atoms with E-state index in [4.69, 9.17) is 14.5 Å². The number of amides is 1. The van der Waals surface area contributed by atoms with E-state index in [1.165, 1.54) is 21.4 Å². The van der Waals surface area contributed by atoms with Crippen LogP contribution in [-0.2, 0) is 26.6 Å². The Morgan fingerprint density at radius 3 is 2.56 bits per heavy atom. The van der Waals surface area contributed by atoms with Crippen LogP contribution in [0.4, 0.5) is 11.8 Å². The summed E-state index contributed by atoms with van der Waals surface area (Å²) in [6.07, 6.45) is 8.27. The molecule has 12 nitrogen and oxygen atoms in total. The van der Waals surface area contributed by atoms with Crippen molar-refractivity contribution in [2.24, 2.45) is 7.05 Å². The lowest BCUT2D eigenvalue weighted by molar-refractivity contribution is -0.133. The number of rotatable bonds is 6. The minimum Gasteiger partial charge on any atom is -0.472 e. The molecule has 4 heterocycles. The summed E-state index contributed by atoms with van der Waals surface area (Å²) in [6.45, 7) is 4.27. The Morgan fingerprint density at radius 2 is 1.92 bits per heavy atom. The first-order valence-electron chi connectivity index (χ1n) is 12.3. The summed E-state index contributed by atoms with van der Waals surface area (Å²) in [7, 11) is -0.181. The molecule has 0 aromatic carbocycles. The topological polar surface area (TPSA) is 132 Å². The number of aromatic nitrogens is 4. The number of nitrogens with zero attached hydrogens (tertiary/aromatic N) is 6. The molecule has 5 rings (SSSR count). The van der Waals surface area contributed by atoms with Crippen LogP contribution in [-0.4, -0.2) is 82.4 Å². The Kier molecular flexibility index (Phi) is 6.41. The van der Waals surface area contributed by atoms with Gasteiger partial charge in [-0.3, -0.25) is 14.4 Å². The zero-order valence-electron chi connectivity index (χ0n) is 21.0. The van der Waals surface area contributed by atoms with Gasteiger partial charge in [0.1, 0.15) is 4.90 Å². The van der Waals surface area contributed by atoms with E-state index in [0.29, 0.717) is 43.4 Å². The Labute approximate surface area is 211 Å². The van der Waals surface area contributed by atoms with E-state index in [0.717, 1.165) is 19.3 Å². The molecule has 1 aliphatic carbocycles. The first kappa shape index (κ1) is 24.9. The molecule has 13 heteroatoms. The lowest BCUT2D eigenvalue weighted by Crippen LogP contribution is -2.56. The van der Waals surface area contributed by atoms with Gasteiger partial charge in [0.15, 0.2) is 17.2 Å². The first-order valence-corrected chi connectivity index (χ1v) is 13.7. The summed E-state index contributed by atoms with van der Waals surface area (Å²) >= 11 is 0. The highest BCUT2D eigenvalue weighted by atomic mass is 32.2. The van der Waals surface area contributed by atoms with Crippen molar-refractivity contribution >= 4 is 27.7 Å². The van der Waals surface area contributed by atoms with Crippen molar-refractivity contribution in [3.63, 3.8) is 0 Å². The van der Waals surface area contributed by atoms with Gasteiger partial charge < -0.3 is 14.8 Å². The Balaban J connectivity index is 1.30. The number of piperidine rings is 1. The molecule has 196 valence electrons. The predicted molar refractivity (Wildman–Crippen MR) is 131 cm³/mol. The number of carbonyl (C=O) groups is 1. The summed E-state index contributed by atoms with van der Waals surface area (Å²) in [5.74, 6) is 1.21. The first-order chi connectivity index (χ1) is 17.1. The van der Waals surface area contributed by atoms with Crippen molar-refractivity contribution in [2.45, 2.75) is 74.6 Å². The van der Waals surface area contributed by atoms with Crippen molar-refractivity contribution in [1.29, 1.82) is 0 Å². The molecule has 2 unspecified atom stereocenters. The highest BCUT2D eigenvalue weighted by Crippen LogP contribution is 2.41. The van der Waals surface area contributed by atoms with Gasteiger partial charge in [0.05, 0.1) is 18.5 Å². The minimum absolute atomic E-state index is 0.00199. The monoisotopic (exact) mass is 519 g/mol. The van der Waals surface area contributed by atoms with Gasteiger partial charge in [0.2, 0.25) is 16.0 Å². The second-order valence-electron chi connectivity index (χ2n) is 10.2. The second kappa shape index (κ2) is 9.27. The number of carbonyl (C=O) groups excluding carboxylic acids is 1. The van der Waals surface area contributed by atoms with Crippen LogP contribution in [0.1, 0.15) is 46.0 Å². The van der Waals surface area contributed by atoms with Crippen LogP contribution in [0, 0.1) is 0 Å². The molecular formula is C23H33N7O5S. The number of fused-ring (bicyclic) bond motifs is 1. The fourth-order valence-electron chi connectivity index (χ4n) is 5.19. The molecule has 2 aromatic heterocycles. The van der Waals surface area contributed by atoms with E-state index in [1.807, 2.05) is 0 Å². The molecule has 1 N–H and O–H groups in total. The van der Waals surface area contributed by atoms with Crippen molar-refractivity contribution in [3.05, 3.63) is 18.6 Å². The van der Waals surface area contributed by atoms with E-state index in [1.54, 1.807) is 39.1 Å². The number of anilines is 2. The number of ether oxygens (including phenoxy) is 2. The second-order valence-corrected chi connectivity index (χ2v) is 12.1. The quantitative estimate of drug-likeness (QED) is 0.604. The van der Waals surface area contributed by atoms with Gasteiger partial charge in [0, 0.05) is 45.5 Å². The van der Waals surface area contributed by atoms with Gasteiger partial charge >= 0.3 is 0 Å². The van der Waals surface area contributed by atoms with Crippen LogP contribution >= 0.6 is 0 Å². The fourth-order valence-corrected chi connectivity index (χ4v) is 6.65. The Hall–Kier alpha value is -2.77. The number of sulfonamides is 1. The molecule has 1 amide bonds. The Morgan fingerprint density at radius 1 is 1.17 bits per heavy atom. The van der Waals surface area contributed by atoms with Gasteiger partial charge in [-0.25, -0.2) is 13.4 Å². The molecule has 0 spiro atoms. The smallest absolute Gasteiger partial charge is 0.272 e. The average Bonchev–Trinajstić information content (AvgIpc) is 3.50. The zero-order chi connectivity index (χ0) is 25.7. The van der Waals surface area contributed by atoms with E-state index < -0.39 is 15.6 Å². The lowest BCUT2D eigenvalue weighted by atomic mass is 10.0. The molecular weight excluding hydrogens is 486 g/mol. The van der Waals surface area contributed by atoms with Crippen LogP contribution in [0.3, 0.4) is 0 Å². The van der Waals surface area contributed by atoms with Gasteiger partial charge in [0.25, 0.3) is 5.91 Å². The molecule has 2 aliphatic heterocycles. The number of aryl methyl sites for hydroxylation is 1. The molecule has 1 saturated carbocycles. The number of nitrogens with one attached hydrogen (secondary N) is 1. The molecule has 2 atom stereocenters. The number of hydrogen-bond acceptors (Lipinski definition) is 9.